The fourth-order valence-electron chi connectivity index (χ4n) is 2.49. The Balaban J connectivity index is 2.13. The maximum atomic E-state index is 11.0. The standard InChI is InChI=1S/C13H15N5O/c1-8-5-10-12(6-18(8)7-19)15-9(2)16-13(10)11-3-4-14-17-11/h3-4,7-8H,5-6H2,1-2H3,(H,14,17). The van der Waals surface area contributed by atoms with Gasteiger partial charge in [-0.05, 0) is 26.3 Å². The van der Waals surface area contributed by atoms with Crippen molar-refractivity contribution in [3.05, 3.63) is 29.3 Å². The van der Waals surface area contributed by atoms with Crippen LogP contribution >= 0.6 is 0 Å². The molecule has 3 rings (SSSR count). The van der Waals surface area contributed by atoms with Gasteiger partial charge >= 0.3 is 0 Å². The molecule has 2 aromatic rings. The van der Waals surface area contributed by atoms with Crippen molar-refractivity contribution >= 4 is 6.41 Å². The highest BCUT2D eigenvalue weighted by atomic mass is 16.1. The Hall–Kier alpha value is -2.24. The van der Waals surface area contributed by atoms with E-state index in [1.165, 1.54) is 0 Å². The Morgan fingerprint density at radius 2 is 2.32 bits per heavy atom. The monoisotopic (exact) mass is 257 g/mol. The Morgan fingerprint density at radius 3 is 3.00 bits per heavy atom. The average Bonchev–Trinajstić information content (AvgIpc) is 2.91. The molecule has 0 fully saturated rings. The van der Waals surface area contributed by atoms with Crippen molar-refractivity contribution in [3.8, 4) is 11.4 Å². The van der Waals surface area contributed by atoms with Crippen LogP contribution in [0.5, 0.6) is 0 Å². The van der Waals surface area contributed by atoms with Crippen molar-refractivity contribution in [1.82, 2.24) is 25.1 Å². The predicted octanol–water partition coefficient (Wildman–Crippen LogP) is 1.08. The molecular weight excluding hydrogens is 242 g/mol. The van der Waals surface area contributed by atoms with Crippen LogP contribution in [0.3, 0.4) is 0 Å². The minimum absolute atomic E-state index is 0.165. The number of hydrogen-bond acceptors (Lipinski definition) is 4. The van der Waals surface area contributed by atoms with Crippen molar-refractivity contribution in [2.45, 2.75) is 32.9 Å². The highest BCUT2D eigenvalue weighted by Crippen LogP contribution is 2.28. The van der Waals surface area contributed by atoms with Gasteiger partial charge in [0.15, 0.2) is 0 Å². The maximum absolute atomic E-state index is 11.0. The van der Waals surface area contributed by atoms with Crippen molar-refractivity contribution in [2.75, 3.05) is 0 Å². The van der Waals surface area contributed by atoms with Crippen molar-refractivity contribution in [3.63, 3.8) is 0 Å². The van der Waals surface area contributed by atoms with Crippen molar-refractivity contribution in [2.24, 2.45) is 0 Å². The van der Waals surface area contributed by atoms with E-state index in [0.29, 0.717) is 12.4 Å². The molecule has 6 heteroatoms. The first-order valence-electron chi connectivity index (χ1n) is 6.26. The van der Waals surface area contributed by atoms with Crippen LogP contribution in [0.25, 0.3) is 11.4 Å². The minimum Gasteiger partial charge on any atom is -0.336 e. The summed E-state index contributed by atoms with van der Waals surface area (Å²) in [5.41, 5.74) is 3.84. The summed E-state index contributed by atoms with van der Waals surface area (Å²) in [6.45, 7) is 4.45. The molecule has 0 spiro atoms. The maximum Gasteiger partial charge on any atom is 0.210 e. The topological polar surface area (TPSA) is 74.8 Å². The molecule has 98 valence electrons. The van der Waals surface area contributed by atoms with E-state index in [0.717, 1.165) is 35.5 Å². The number of rotatable bonds is 2. The second-order valence-electron chi connectivity index (χ2n) is 4.85. The molecule has 3 heterocycles. The van der Waals surface area contributed by atoms with E-state index in [2.05, 4.69) is 20.2 Å². The van der Waals surface area contributed by atoms with Gasteiger partial charge in [0.1, 0.15) is 5.82 Å². The fraction of sp³-hybridized carbons (Fsp3) is 0.385. The zero-order valence-corrected chi connectivity index (χ0v) is 10.9. The third kappa shape index (κ3) is 1.99. The van der Waals surface area contributed by atoms with Gasteiger partial charge in [-0.2, -0.15) is 5.10 Å². The van der Waals surface area contributed by atoms with Gasteiger partial charge in [-0.3, -0.25) is 9.89 Å². The highest BCUT2D eigenvalue weighted by molar-refractivity contribution is 5.61. The van der Waals surface area contributed by atoms with E-state index in [9.17, 15) is 4.79 Å². The van der Waals surface area contributed by atoms with Gasteiger partial charge in [0, 0.05) is 17.8 Å². The Morgan fingerprint density at radius 1 is 1.47 bits per heavy atom. The highest BCUT2D eigenvalue weighted by Gasteiger charge is 2.26. The van der Waals surface area contributed by atoms with Crippen LogP contribution in [0, 0.1) is 6.92 Å². The number of nitrogens with one attached hydrogen (secondary N) is 1. The summed E-state index contributed by atoms with van der Waals surface area (Å²) in [6.07, 6.45) is 3.37. The summed E-state index contributed by atoms with van der Waals surface area (Å²) in [5, 5.41) is 6.92. The number of aromatic nitrogens is 4. The molecular formula is C13H15N5O. The Bertz CT molecular complexity index is 608. The third-order valence-corrected chi connectivity index (χ3v) is 3.49. The second kappa shape index (κ2) is 4.46. The summed E-state index contributed by atoms with van der Waals surface area (Å²) in [6, 6.07) is 2.07. The van der Waals surface area contributed by atoms with Crippen LogP contribution in [-0.4, -0.2) is 37.5 Å². The van der Waals surface area contributed by atoms with Gasteiger partial charge in [-0.15, -0.1) is 0 Å². The number of H-pyrrole nitrogens is 1. The minimum atomic E-state index is 0.165. The largest absolute Gasteiger partial charge is 0.336 e. The van der Waals surface area contributed by atoms with Gasteiger partial charge in [0.05, 0.1) is 23.6 Å². The third-order valence-electron chi connectivity index (χ3n) is 3.49. The molecule has 1 aliphatic heterocycles. The molecule has 6 nitrogen and oxygen atoms in total. The van der Waals surface area contributed by atoms with Crippen LogP contribution < -0.4 is 0 Å². The molecule has 1 N–H and O–H groups in total. The van der Waals surface area contributed by atoms with Gasteiger partial charge in [0.2, 0.25) is 6.41 Å². The molecule has 1 unspecified atom stereocenters. The fourth-order valence-corrected chi connectivity index (χ4v) is 2.49. The molecule has 0 bridgehead atoms. The lowest BCUT2D eigenvalue weighted by Gasteiger charge is -2.32. The molecule has 0 saturated carbocycles. The number of carbonyl (C=O) groups is 1. The van der Waals surface area contributed by atoms with E-state index in [4.69, 9.17) is 0 Å². The van der Waals surface area contributed by atoms with Crippen LogP contribution in [0.15, 0.2) is 12.3 Å². The lowest BCUT2D eigenvalue weighted by atomic mass is 9.96. The van der Waals surface area contributed by atoms with E-state index >= 15 is 0 Å². The molecule has 0 aromatic carbocycles. The first kappa shape index (κ1) is 11.8. The molecule has 0 aliphatic carbocycles. The number of carbonyl (C=O) groups excluding carboxylic acids is 1. The number of nitrogens with zero attached hydrogens (tertiary/aromatic N) is 4. The van der Waals surface area contributed by atoms with E-state index in [-0.39, 0.29) is 6.04 Å². The number of amides is 1. The lowest BCUT2D eigenvalue weighted by Crippen LogP contribution is -2.38. The zero-order valence-electron chi connectivity index (χ0n) is 10.9. The summed E-state index contributed by atoms with van der Waals surface area (Å²) >= 11 is 0. The van der Waals surface area contributed by atoms with Gasteiger partial charge in [-0.1, -0.05) is 0 Å². The summed E-state index contributed by atoms with van der Waals surface area (Å²) in [5.74, 6) is 0.712. The van der Waals surface area contributed by atoms with Gasteiger partial charge in [-0.25, -0.2) is 9.97 Å². The number of hydrogen-bond donors (Lipinski definition) is 1. The smallest absolute Gasteiger partial charge is 0.210 e. The quantitative estimate of drug-likeness (QED) is 0.817. The molecule has 1 amide bonds. The SMILES string of the molecule is Cc1nc2c(c(-c3ccn[nH]3)n1)CC(C)N(C=O)C2. The first-order chi connectivity index (χ1) is 9.19. The molecule has 0 saturated heterocycles. The lowest BCUT2D eigenvalue weighted by molar-refractivity contribution is -0.120. The Kier molecular flexibility index (Phi) is 2.77. The molecule has 1 atom stereocenters. The summed E-state index contributed by atoms with van der Waals surface area (Å²) in [4.78, 5) is 21.8. The molecule has 0 radical (unpaired) electrons. The zero-order chi connectivity index (χ0) is 13.4. The number of fused-ring (bicyclic) bond motifs is 1. The normalized spacial score (nSPS) is 18.2. The van der Waals surface area contributed by atoms with Crippen molar-refractivity contribution in [1.29, 1.82) is 0 Å². The first-order valence-corrected chi connectivity index (χ1v) is 6.26. The van der Waals surface area contributed by atoms with E-state index in [1.54, 1.807) is 11.1 Å². The van der Waals surface area contributed by atoms with Gasteiger partial charge < -0.3 is 4.90 Å². The second-order valence-corrected chi connectivity index (χ2v) is 4.85. The van der Waals surface area contributed by atoms with E-state index < -0.39 is 0 Å². The Labute approximate surface area is 110 Å². The van der Waals surface area contributed by atoms with Crippen molar-refractivity contribution < 1.29 is 4.79 Å². The number of aromatic amines is 1. The summed E-state index contributed by atoms with van der Waals surface area (Å²) < 4.78 is 0. The molecule has 1 aliphatic rings. The average molecular weight is 257 g/mol. The van der Waals surface area contributed by atoms with E-state index in [1.807, 2.05) is 19.9 Å². The van der Waals surface area contributed by atoms with Gasteiger partial charge in [0.25, 0.3) is 0 Å². The number of aryl methyl sites for hydroxylation is 1. The molecule has 2 aromatic heterocycles. The van der Waals surface area contributed by atoms with Crippen LogP contribution in [0.4, 0.5) is 0 Å². The summed E-state index contributed by atoms with van der Waals surface area (Å²) in [7, 11) is 0. The molecule has 19 heavy (non-hydrogen) atoms. The predicted molar refractivity (Wildman–Crippen MR) is 69.1 cm³/mol. The van der Waals surface area contributed by atoms with Crippen LogP contribution in [0.1, 0.15) is 24.0 Å². The van der Waals surface area contributed by atoms with Crippen LogP contribution in [0.2, 0.25) is 0 Å². The van der Waals surface area contributed by atoms with Crippen LogP contribution in [-0.2, 0) is 17.8 Å².